The lowest BCUT2D eigenvalue weighted by atomic mass is 9.82. The third-order valence-corrected chi connectivity index (χ3v) is 15.9. The summed E-state index contributed by atoms with van der Waals surface area (Å²) in [4.78, 5) is 5.51. The Morgan fingerprint density at radius 3 is 1.09 bits per heavy atom. The minimum Gasteiger partial charge on any atom is -0.872 e. The number of nitrogens with zero attached hydrogens (tertiary/aromatic N) is 1. The average Bonchev–Trinajstić information content (AvgIpc) is 3.69. The van der Waals surface area contributed by atoms with E-state index in [-0.39, 0.29) is 5.75 Å². The molecule has 0 unspecified atom stereocenters. The predicted octanol–water partition coefficient (Wildman–Crippen LogP) is 21.1. The number of aliphatic imine (C=N–C) groups is 1. The standard InChI is InChI=1S/C79H59NO/c1-51-21-29-56(30-22-51)58-37-41-60(42-38-58)72-46-67(55-13-6-5-7-14-55)47-73(61-43-39-59(40-44-61)57-31-23-52(2)24-32-57)76(72)68-48-74(62-33-25-53(3)26-34-62)78(75(49-68)63-35-27-54(4)28-36-63)80-50-66-17-12-20-71(79(66)81)77-69-18-10-8-15-64(69)45-65-16-9-11-19-70(65)77/h5-50,81H,1-4H3/p-1. The average molecular weight is 1040 g/mol. The van der Waals surface area contributed by atoms with Gasteiger partial charge in [0.25, 0.3) is 0 Å². The van der Waals surface area contributed by atoms with Gasteiger partial charge >= 0.3 is 0 Å². The first-order valence-corrected chi connectivity index (χ1v) is 27.8. The minimum absolute atomic E-state index is 0.0669. The van der Waals surface area contributed by atoms with Crippen molar-refractivity contribution in [2.24, 2.45) is 4.99 Å². The van der Waals surface area contributed by atoms with Gasteiger partial charge in [0.2, 0.25) is 0 Å². The molecule has 0 saturated heterocycles. The monoisotopic (exact) mass is 1040 g/mol. The third-order valence-electron chi connectivity index (χ3n) is 15.9. The first-order chi connectivity index (χ1) is 39.7. The molecule has 13 aromatic carbocycles. The number of fused-ring (bicyclic) bond motifs is 2. The smallest absolute Gasteiger partial charge is 0.0786 e. The fourth-order valence-electron chi connectivity index (χ4n) is 11.5. The van der Waals surface area contributed by atoms with E-state index in [2.05, 4.69) is 270 Å². The summed E-state index contributed by atoms with van der Waals surface area (Å²) in [7, 11) is 0. The summed E-state index contributed by atoms with van der Waals surface area (Å²) in [6.07, 6.45) is 1.79. The Kier molecular flexibility index (Phi) is 13.4. The highest BCUT2D eigenvalue weighted by Gasteiger charge is 2.23. The minimum atomic E-state index is -0.0669. The molecule has 2 heteroatoms. The summed E-state index contributed by atoms with van der Waals surface area (Å²) in [5.74, 6) is -0.0669. The zero-order valence-electron chi connectivity index (χ0n) is 45.9. The molecule has 13 rings (SSSR count). The molecule has 0 aliphatic heterocycles. The lowest BCUT2D eigenvalue weighted by Crippen LogP contribution is -2.00. The number of benzene rings is 13. The van der Waals surface area contributed by atoms with E-state index in [4.69, 9.17) is 4.99 Å². The molecule has 0 amide bonds. The molecule has 0 fully saturated rings. The Labute approximate surface area is 475 Å². The van der Waals surface area contributed by atoms with Gasteiger partial charge in [-0.05, 0) is 174 Å². The van der Waals surface area contributed by atoms with Crippen molar-refractivity contribution >= 4 is 33.4 Å². The second-order valence-corrected chi connectivity index (χ2v) is 21.5. The van der Waals surface area contributed by atoms with Crippen molar-refractivity contribution in [2.75, 3.05) is 0 Å². The third kappa shape index (κ3) is 10.1. The summed E-state index contributed by atoms with van der Waals surface area (Å²) >= 11 is 0. The van der Waals surface area contributed by atoms with Crippen LogP contribution in [-0.2, 0) is 0 Å². The van der Waals surface area contributed by atoms with Gasteiger partial charge in [0.1, 0.15) is 0 Å². The van der Waals surface area contributed by atoms with Crippen molar-refractivity contribution in [3.8, 4) is 106 Å². The number of hydrogen-bond donors (Lipinski definition) is 0. The van der Waals surface area contributed by atoms with Crippen molar-refractivity contribution in [1.82, 2.24) is 0 Å². The highest BCUT2D eigenvalue weighted by molar-refractivity contribution is 6.14. The molecule has 13 aromatic rings. The predicted molar refractivity (Wildman–Crippen MR) is 342 cm³/mol. The second kappa shape index (κ2) is 21.6. The van der Waals surface area contributed by atoms with Gasteiger partial charge in [-0.15, -0.1) is 0 Å². The fraction of sp³-hybridized carbons (Fsp3) is 0.0506. The normalized spacial score (nSPS) is 11.5. The molecule has 0 aromatic heterocycles. The van der Waals surface area contributed by atoms with Gasteiger partial charge in [-0.25, -0.2) is 0 Å². The van der Waals surface area contributed by atoms with E-state index in [9.17, 15) is 0 Å². The molecule has 81 heavy (non-hydrogen) atoms. The van der Waals surface area contributed by atoms with E-state index >= 15 is 5.11 Å². The van der Waals surface area contributed by atoms with E-state index in [1.807, 2.05) is 30.3 Å². The van der Waals surface area contributed by atoms with Crippen LogP contribution in [0.15, 0.2) is 278 Å². The van der Waals surface area contributed by atoms with Gasteiger partial charge in [0.15, 0.2) is 0 Å². The largest absolute Gasteiger partial charge is 0.872 e. The van der Waals surface area contributed by atoms with Gasteiger partial charge in [0, 0.05) is 17.3 Å². The maximum Gasteiger partial charge on any atom is 0.0786 e. The number of aryl methyl sites for hydroxylation is 4. The zero-order chi connectivity index (χ0) is 55.0. The number of para-hydroxylation sites is 1. The van der Waals surface area contributed by atoms with Gasteiger partial charge in [-0.3, -0.25) is 4.99 Å². The van der Waals surface area contributed by atoms with Crippen molar-refractivity contribution in [1.29, 1.82) is 0 Å². The quantitative estimate of drug-likeness (QED) is 0.0939. The molecule has 0 heterocycles. The summed E-state index contributed by atoms with van der Waals surface area (Å²) in [6.45, 7) is 8.51. The summed E-state index contributed by atoms with van der Waals surface area (Å²) in [6, 6.07) is 98.0. The Bertz CT molecular complexity index is 4250. The first kappa shape index (κ1) is 50.4. The van der Waals surface area contributed by atoms with Crippen molar-refractivity contribution in [3.63, 3.8) is 0 Å². The highest BCUT2D eigenvalue weighted by Crippen LogP contribution is 2.50. The van der Waals surface area contributed by atoms with E-state index in [0.717, 1.165) is 122 Å². The maximum absolute atomic E-state index is 15.1. The van der Waals surface area contributed by atoms with E-state index < -0.39 is 0 Å². The highest BCUT2D eigenvalue weighted by atomic mass is 16.3. The van der Waals surface area contributed by atoms with Gasteiger partial charge < -0.3 is 5.11 Å². The molecule has 0 spiro atoms. The molecule has 0 bridgehead atoms. The molecule has 0 N–H and O–H groups in total. The van der Waals surface area contributed by atoms with Crippen molar-refractivity contribution in [3.05, 3.63) is 301 Å². The van der Waals surface area contributed by atoms with E-state index in [0.29, 0.717) is 11.1 Å². The van der Waals surface area contributed by atoms with Crippen LogP contribution in [0, 0.1) is 27.7 Å². The molecule has 0 saturated carbocycles. The SMILES string of the molecule is Cc1ccc(-c2ccc(-c3cc(-c4ccccc4)cc(-c4ccc(-c5ccc(C)cc5)cc4)c3-c3cc(-c4ccc(C)cc4)c(N=Cc4cccc(-c5c6ccccc6cc6ccccc56)c4[O-])c(-c4ccc(C)cc4)c3)cc2)cc1. The van der Waals surface area contributed by atoms with E-state index in [1.165, 1.54) is 22.3 Å². The molecular weight excluding hydrogens is 979 g/mol. The molecule has 0 radical (unpaired) electrons. The number of hydrogen-bond acceptors (Lipinski definition) is 2. The van der Waals surface area contributed by atoms with Crippen LogP contribution >= 0.6 is 0 Å². The van der Waals surface area contributed by atoms with Crippen LogP contribution in [0.25, 0.3) is 122 Å². The molecule has 2 nitrogen and oxygen atoms in total. The molecule has 0 aliphatic rings. The topological polar surface area (TPSA) is 35.4 Å². The maximum atomic E-state index is 15.1. The molecule has 386 valence electrons. The zero-order valence-corrected chi connectivity index (χ0v) is 45.9. The first-order valence-electron chi connectivity index (χ1n) is 27.8. The van der Waals surface area contributed by atoms with Crippen LogP contribution in [0.5, 0.6) is 5.75 Å². The fourth-order valence-corrected chi connectivity index (χ4v) is 11.5. The van der Waals surface area contributed by atoms with Crippen LogP contribution in [0.3, 0.4) is 0 Å². The molecule has 0 aliphatic carbocycles. The summed E-state index contributed by atoms with van der Waals surface area (Å²) in [5, 5.41) is 19.4. The van der Waals surface area contributed by atoms with Crippen molar-refractivity contribution < 1.29 is 5.11 Å². The van der Waals surface area contributed by atoms with Crippen LogP contribution in [0.2, 0.25) is 0 Å². The Morgan fingerprint density at radius 2 is 0.630 bits per heavy atom. The molecular formula is C79H58NO-. The molecule has 0 atom stereocenters. The number of rotatable bonds is 11. The Balaban J connectivity index is 1.07. The lowest BCUT2D eigenvalue weighted by molar-refractivity contribution is -0.267. The van der Waals surface area contributed by atoms with Crippen LogP contribution in [0.1, 0.15) is 27.8 Å². The van der Waals surface area contributed by atoms with Crippen LogP contribution in [-0.4, -0.2) is 6.21 Å². The van der Waals surface area contributed by atoms with Gasteiger partial charge in [-0.1, -0.05) is 271 Å². The van der Waals surface area contributed by atoms with Crippen LogP contribution < -0.4 is 5.11 Å². The summed E-state index contributed by atoms with van der Waals surface area (Å²) in [5.41, 5.74) is 25.2. The Morgan fingerprint density at radius 1 is 0.272 bits per heavy atom. The van der Waals surface area contributed by atoms with Gasteiger partial charge in [0.05, 0.1) is 5.69 Å². The van der Waals surface area contributed by atoms with Crippen LogP contribution in [0.4, 0.5) is 5.69 Å². The second-order valence-electron chi connectivity index (χ2n) is 21.5. The Hall–Kier alpha value is -10.2. The lowest BCUT2D eigenvalue weighted by Gasteiger charge is -2.22. The van der Waals surface area contributed by atoms with Crippen molar-refractivity contribution in [2.45, 2.75) is 27.7 Å². The summed E-state index contributed by atoms with van der Waals surface area (Å²) < 4.78 is 0. The van der Waals surface area contributed by atoms with E-state index in [1.54, 1.807) is 6.21 Å². The van der Waals surface area contributed by atoms with Gasteiger partial charge in [-0.2, -0.15) is 0 Å².